The summed E-state index contributed by atoms with van der Waals surface area (Å²) in [5.74, 6) is -0.130. The second kappa shape index (κ2) is 9.76. The largest absolute Gasteiger partial charge is 0.504 e. The first-order chi connectivity index (χ1) is 11.8. The van der Waals surface area contributed by atoms with Crippen LogP contribution in [-0.2, 0) is 6.42 Å². The molecule has 25 heavy (non-hydrogen) atoms. The van der Waals surface area contributed by atoms with Crippen LogP contribution in [0.2, 0.25) is 0 Å². The highest BCUT2D eigenvalue weighted by Crippen LogP contribution is 2.28. The van der Waals surface area contributed by atoms with E-state index in [0.717, 1.165) is 4.90 Å². The van der Waals surface area contributed by atoms with Crippen molar-refractivity contribution in [3.63, 3.8) is 0 Å². The van der Waals surface area contributed by atoms with Gasteiger partial charge in [-0.2, -0.15) is 0 Å². The van der Waals surface area contributed by atoms with Gasteiger partial charge < -0.3 is 20.2 Å². The minimum absolute atomic E-state index is 0.156. The number of rotatable bonds is 8. The molecule has 1 aromatic carbocycles. The van der Waals surface area contributed by atoms with Gasteiger partial charge in [0.15, 0.2) is 11.5 Å². The lowest BCUT2D eigenvalue weighted by Crippen LogP contribution is -2.47. The molecule has 0 spiro atoms. The lowest BCUT2D eigenvalue weighted by atomic mass is 10.1. The highest BCUT2D eigenvalue weighted by atomic mass is 16.4. The fraction of sp³-hybridized carbons (Fsp3) is 0.556. The van der Waals surface area contributed by atoms with Crippen LogP contribution in [0.15, 0.2) is 18.2 Å². The van der Waals surface area contributed by atoms with Crippen LogP contribution in [0.5, 0.6) is 11.5 Å². The highest BCUT2D eigenvalue weighted by Gasteiger charge is 2.26. The van der Waals surface area contributed by atoms with E-state index in [1.54, 1.807) is 12.1 Å². The van der Waals surface area contributed by atoms with E-state index in [2.05, 4.69) is 0 Å². The van der Waals surface area contributed by atoms with Crippen molar-refractivity contribution >= 4 is 12.1 Å². The zero-order valence-electron chi connectivity index (χ0n) is 15.1. The number of urea groups is 1. The Balaban J connectivity index is 2.83. The van der Waals surface area contributed by atoms with Crippen LogP contribution in [0.1, 0.15) is 39.2 Å². The monoisotopic (exact) mass is 352 g/mol. The van der Waals surface area contributed by atoms with Gasteiger partial charge in [-0.25, -0.2) is 14.5 Å². The quantitative estimate of drug-likeness (QED) is 0.622. The van der Waals surface area contributed by atoms with Crippen molar-refractivity contribution in [3.05, 3.63) is 23.8 Å². The Morgan fingerprint density at radius 2 is 1.80 bits per heavy atom. The molecule has 0 radical (unpaired) electrons. The number of carbonyl (C=O) groups is 2. The number of amides is 3. The van der Waals surface area contributed by atoms with Crippen LogP contribution in [0.3, 0.4) is 0 Å². The molecule has 0 aliphatic rings. The van der Waals surface area contributed by atoms with Gasteiger partial charge in [0, 0.05) is 19.6 Å². The van der Waals surface area contributed by atoms with Gasteiger partial charge in [-0.3, -0.25) is 0 Å². The molecule has 0 saturated carbocycles. The van der Waals surface area contributed by atoms with Gasteiger partial charge in [-0.05, 0) is 36.8 Å². The van der Waals surface area contributed by atoms with Crippen LogP contribution in [0.4, 0.5) is 9.59 Å². The standard InChI is InChI=1S/C18H28N2O5/c1-4-10-19(11-9-14-6-5-7-15(21)16(14)22)17(23)20(18(24)25)12-8-13(2)3/h5-7,13,21-22H,4,8-12H2,1-3H3,(H,24,25). The van der Waals surface area contributed by atoms with Gasteiger partial charge in [-0.15, -0.1) is 0 Å². The topological polar surface area (TPSA) is 101 Å². The number of imide groups is 1. The van der Waals surface area contributed by atoms with Crippen molar-refractivity contribution < 1.29 is 24.9 Å². The van der Waals surface area contributed by atoms with Gasteiger partial charge in [-0.1, -0.05) is 32.9 Å². The molecule has 7 nitrogen and oxygen atoms in total. The number of benzene rings is 1. The third-order valence-corrected chi connectivity index (χ3v) is 3.91. The molecule has 0 heterocycles. The molecule has 3 N–H and O–H groups in total. The fourth-order valence-corrected chi connectivity index (χ4v) is 2.44. The molecule has 1 rings (SSSR count). The molecular weight excluding hydrogens is 324 g/mol. The van der Waals surface area contributed by atoms with E-state index in [0.29, 0.717) is 37.3 Å². The number of aromatic hydroxyl groups is 2. The predicted molar refractivity (Wildman–Crippen MR) is 94.9 cm³/mol. The number of phenolic OH excluding ortho intramolecular Hbond substituents is 2. The first-order valence-electron chi connectivity index (χ1n) is 8.57. The highest BCUT2D eigenvalue weighted by molar-refractivity contribution is 5.90. The van der Waals surface area contributed by atoms with E-state index >= 15 is 0 Å². The summed E-state index contributed by atoms with van der Waals surface area (Å²) in [6.45, 7) is 6.69. The average molecular weight is 352 g/mol. The van der Waals surface area contributed by atoms with Gasteiger partial charge in [0.05, 0.1) is 0 Å². The summed E-state index contributed by atoms with van der Waals surface area (Å²) in [5, 5.41) is 28.8. The molecule has 0 fully saturated rings. The van der Waals surface area contributed by atoms with Crippen molar-refractivity contribution in [1.82, 2.24) is 9.80 Å². The van der Waals surface area contributed by atoms with E-state index in [1.807, 2.05) is 20.8 Å². The minimum atomic E-state index is -1.26. The van der Waals surface area contributed by atoms with Crippen molar-refractivity contribution in [3.8, 4) is 11.5 Å². The Labute approximate surface area is 148 Å². The summed E-state index contributed by atoms with van der Waals surface area (Å²) in [4.78, 5) is 26.4. The molecule has 0 aliphatic carbocycles. The Hall–Kier alpha value is -2.44. The van der Waals surface area contributed by atoms with E-state index in [1.165, 1.54) is 11.0 Å². The second-order valence-electron chi connectivity index (χ2n) is 6.42. The normalized spacial score (nSPS) is 10.7. The summed E-state index contributed by atoms with van der Waals surface area (Å²) >= 11 is 0. The SMILES string of the molecule is CCCN(CCc1cccc(O)c1O)C(=O)N(CCC(C)C)C(=O)O. The maximum Gasteiger partial charge on any atom is 0.415 e. The number of carboxylic acid groups (broad SMARTS) is 1. The first-order valence-corrected chi connectivity index (χ1v) is 8.57. The number of hydrogen-bond acceptors (Lipinski definition) is 4. The predicted octanol–water partition coefficient (Wildman–Crippen LogP) is 3.50. The molecule has 0 unspecified atom stereocenters. The van der Waals surface area contributed by atoms with E-state index in [4.69, 9.17) is 0 Å². The molecule has 7 heteroatoms. The van der Waals surface area contributed by atoms with Crippen LogP contribution in [0.25, 0.3) is 0 Å². The molecular formula is C18H28N2O5. The number of phenols is 2. The maximum absolute atomic E-state index is 12.6. The second-order valence-corrected chi connectivity index (χ2v) is 6.42. The molecule has 140 valence electrons. The lowest BCUT2D eigenvalue weighted by molar-refractivity contribution is 0.126. The molecule has 0 atom stereocenters. The average Bonchev–Trinajstić information content (AvgIpc) is 2.54. The maximum atomic E-state index is 12.6. The Kier molecular flexibility index (Phi) is 8.04. The molecule has 0 aromatic heterocycles. The molecule has 1 aromatic rings. The van der Waals surface area contributed by atoms with Gasteiger partial charge >= 0.3 is 12.1 Å². The first kappa shape index (κ1) is 20.6. The molecule has 0 bridgehead atoms. The Morgan fingerprint density at radius 1 is 1.12 bits per heavy atom. The van der Waals surface area contributed by atoms with Crippen LogP contribution in [-0.4, -0.2) is 56.9 Å². The summed E-state index contributed by atoms with van der Waals surface area (Å²) in [6, 6.07) is 4.11. The van der Waals surface area contributed by atoms with E-state index < -0.39 is 12.1 Å². The third kappa shape index (κ3) is 6.17. The van der Waals surface area contributed by atoms with Gasteiger partial charge in [0.2, 0.25) is 0 Å². The number of para-hydroxylation sites is 1. The summed E-state index contributed by atoms with van der Waals surface area (Å²) < 4.78 is 0. The van der Waals surface area contributed by atoms with Crippen molar-refractivity contribution in [2.24, 2.45) is 5.92 Å². The number of hydrogen-bond donors (Lipinski definition) is 3. The Bertz CT molecular complexity index is 589. The minimum Gasteiger partial charge on any atom is -0.504 e. The number of nitrogens with zero attached hydrogens (tertiary/aromatic N) is 2. The van der Waals surface area contributed by atoms with Gasteiger partial charge in [0.1, 0.15) is 0 Å². The molecule has 0 saturated heterocycles. The summed E-state index contributed by atoms with van der Waals surface area (Å²) in [6.07, 6.45) is 0.358. The third-order valence-electron chi connectivity index (χ3n) is 3.91. The zero-order chi connectivity index (χ0) is 19.0. The van der Waals surface area contributed by atoms with E-state index in [-0.39, 0.29) is 24.6 Å². The van der Waals surface area contributed by atoms with Crippen molar-refractivity contribution in [1.29, 1.82) is 0 Å². The molecule has 0 aliphatic heterocycles. The van der Waals surface area contributed by atoms with Crippen LogP contribution < -0.4 is 0 Å². The smallest absolute Gasteiger partial charge is 0.415 e. The summed E-state index contributed by atoms with van der Waals surface area (Å²) in [5.41, 5.74) is 0.512. The van der Waals surface area contributed by atoms with Crippen molar-refractivity contribution in [2.75, 3.05) is 19.6 Å². The number of carbonyl (C=O) groups excluding carboxylic acids is 1. The zero-order valence-corrected chi connectivity index (χ0v) is 15.1. The van der Waals surface area contributed by atoms with E-state index in [9.17, 15) is 24.9 Å². The lowest BCUT2D eigenvalue weighted by Gasteiger charge is -2.28. The Morgan fingerprint density at radius 3 is 2.36 bits per heavy atom. The van der Waals surface area contributed by atoms with Crippen LogP contribution >= 0.6 is 0 Å². The summed E-state index contributed by atoms with van der Waals surface area (Å²) in [7, 11) is 0. The van der Waals surface area contributed by atoms with Crippen LogP contribution in [0, 0.1) is 5.92 Å². The fourth-order valence-electron chi connectivity index (χ4n) is 2.44. The van der Waals surface area contributed by atoms with Crippen molar-refractivity contribution in [2.45, 2.75) is 40.0 Å². The van der Waals surface area contributed by atoms with Gasteiger partial charge in [0.25, 0.3) is 0 Å². The molecule has 3 amide bonds.